The van der Waals surface area contributed by atoms with Gasteiger partial charge in [0.25, 0.3) is 0 Å². The molecule has 1 aliphatic heterocycles. The van der Waals surface area contributed by atoms with E-state index >= 15 is 0 Å². The molecule has 0 radical (unpaired) electrons. The lowest BCUT2D eigenvalue weighted by molar-refractivity contribution is 0.454. The molecule has 0 saturated carbocycles. The molecule has 0 spiro atoms. The molecular weight excluding hydrogens is 313 g/mol. The number of anilines is 1. The fraction of sp³-hybridized carbons (Fsp3) is 0.368. The summed E-state index contributed by atoms with van der Waals surface area (Å²) in [5.74, 6) is 0.417. The van der Waals surface area contributed by atoms with Crippen LogP contribution in [0.25, 0.3) is 11.1 Å². The number of aryl methyl sites for hydroxylation is 1. The molecule has 0 aliphatic carbocycles. The number of hydrogen-bond donors (Lipinski definition) is 1. The second kappa shape index (κ2) is 5.47. The molecule has 1 nitrogen and oxygen atoms in total. The Morgan fingerprint density at radius 3 is 2.50 bits per heavy atom. The topological polar surface area (TPSA) is 12.0 Å². The van der Waals surface area contributed by atoms with Gasteiger partial charge in [-0.3, -0.25) is 0 Å². The van der Waals surface area contributed by atoms with Crippen molar-refractivity contribution in [3.8, 4) is 11.1 Å². The first kappa shape index (κ1) is 15.7. The Balaban J connectivity index is 2.24. The summed E-state index contributed by atoms with van der Waals surface area (Å²) in [5, 5.41) is 5.21. The molecule has 1 aliphatic rings. The first-order valence-corrected chi connectivity index (χ1v) is 8.42. The van der Waals surface area contributed by atoms with Crippen molar-refractivity contribution >= 4 is 28.9 Å². The molecule has 1 heterocycles. The van der Waals surface area contributed by atoms with Crippen LogP contribution in [0.3, 0.4) is 0 Å². The van der Waals surface area contributed by atoms with Gasteiger partial charge in [0, 0.05) is 27.4 Å². The molecule has 0 amide bonds. The average molecular weight is 334 g/mol. The van der Waals surface area contributed by atoms with Gasteiger partial charge in [0.1, 0.15) is 0 Å². The van der Waals surface area contributed by atoms with E-state index in [0.29, 0.717) is 5.92 Å². The summed E-state index contributed by atoms with van der Waals surface area (Å²) in [5.41, 5.74) is 5.73. The van der Waals surface area contributed by atoms with E-state index in [-0.39, 0.29) is 5.54 Å². The molecule has 1 N–H and O–H groups in total. The Labute approximate surface area is 142 Å². The van der Waals surface area contributed by atoms with Gasteiger partial charge in [0.05, 0.1) is 5.02 Å². The highest BCUT2D eigenvalue weighted by Crippen LogP contribution is 2.48. The van der Waals surface area contributed by atoms with Crippen molar-refractivity contribution in [3.63, 3.8) is 0 Å². The Hall–Kier alpha value is -1.18. The van der Waals surface area contributed by atoms with E-state index in [1.165, 1.54) is 16.8 Å². The Bertz CT molecular complexity index is 734. The van der Waals surface area contributed by atoms with Gasteiger partial charge < -0.3 is 5.32 Å². The first-order chi connectivity index (χ1) is 10.3. The SMILES string of the molecule is Cc1cc(-c2ccccc2Cl)c(Cl)c2c1NC(C)(C)CC2C. The quantitative estimate of drug-likeness (QED) is 0.614. The smallest absolute Gasteiger partial charge is 0.0540 e. The van der Waals surface area contributed by atoms with E-state index in [1.807, 2.05) is 24.3 Å². The molecule has 3 rings (SSSR count). The van der Waals surface area contributed by atoms with E-state index in [2.05, 4.69) is 39.1 Å². The van der Waals surface area contributed by atoms with Crippen LogP contribution in [0.5, 0.6) is 0 Å². The van der Waals surface area contributed by atoms with Crippen molar-refractivity contribution in [1.82, 2.24) is 0 Å². The minimum Gasteiger partial charge on any atom is -0.380 e. The van der Waals surface area contributed by atoms with Crippen molar-refractivity contribution in [2.45, 2.75) is 45.6 Å². The second-order valence-corrected chi connectivity index (χ2v) is 7.72. The van der Waals surface area contributed by atoms with Gasteiger partial charge in [-0.15, -0.1) is 0 Å². The van der Waals surface area contributed by atoms with Crippen LogP contribution in [0.4, 0.5) is 5.69 Å². The zero-order valence-electron chi connectivity index (χ0n) is 13.4. The third-order valence-corrected chi connectivity index (χ3v) is 5.17. The summed E-state index contributed by atoms with van der Waals surface area (Å²) in [7, 11) is 0. The highest BCUT2D eigenvalue weighted by molar-refractivity contribution is 6.37. The monoisotopic (exact) mass is 333 g/mol. The maximum absolute atomic E-state index is 6.79. The van der Waals surface area contributed by atoms with Crippen LogP contribution in [0.2, 0.25) is 10.0 Å². The Morgan fingerprint density at radius 1 is 1.14 bits per heavy atom. The van der Waals surface area contributed by atoms with Gasteiger partial charge in [-0.1, -0.05) is 48.3 Å². The lowest BCUT2D eigenvalue weighted by Gasteiger charge is -2.39. The normalized spacial score (nSPS) is 19.5. The van der Waals surface area contributed by atoms with Crippen LogP contribution >= 0.6 is 23.2 Å². The summed E-state index contributed by atoms with van der Waals surface area (Å²) < 4.78 is 0. The van der Waals surface area contributed by atoms with E-state index in [4.69, 9.17) is 23.2 Å². The van der Waals surface area contributed by atoms with Gasteiger partial charge in [-0.2, -0.15) is 0 Å². The second-order valence-electron chi connectivity index (χ2n) is 6.94. The molecule has 3 heteroatoms. The minimum atomic E-state index is 0.0897. The number of halogens is 2. The molecule has 2 aromatic carbocycles. The molecule has 116 valence electrons. The third-order valence-electron chi connectivity index (χ3n) is 4.43. The maximum Gasteiger partial charge on any atom is 0.0540 e. The number of nitrogens with one attached hydrogen (secondary N) is 1. The van der Waals surface area contributed by atoms with Crippen LogP contribution < -0.4 is 5.32 Å². The standard InChI is InChI=1S/C19H21Cl2N/c1-11-9-14(13-7-5-6-8-15(13)20)17(21)16-12(2)10-19(3,4)22-18(11)16/h5-9,12,22H,10H2,1-4H3. The summed E-state index contributed by atoms with van der Waals surface area (Å²) in [4.78, 5) is 0. The van der Waals surface area contributed by atoms with Crippen molar-refractivity contribution < 1.29 is 0 Å². The van der Waals surface area contributed by atoms with Crippen LogP contribution in [0.15, 0.2) is 30.3 Å². The Kier molecular flexibility index (Phi) is 3.91. The highest BCUT2D eigenvalue weighted by atomic mass is 35.5. The summed E-state index contributed by atoms with van der Waals surface area (Å²) in [6, 6.07) is 10.0. The van der Waals surface area contributed by atoms with E-state index < -0.39 is 0 Å². The zero-order chi connectivity index (χ0) is 16.1. The molecule has 0 bridgehead atoms. The van der Waals surface area contributed by atoms with Gasteiger partial charge in [0.15, 0.2) is 0 Å². The van der Waals surface area contributed by atoms with Gasteiger partial charge in [0.2, 0.25) is 0 Å². The van der Waals surface area contributed by atoms with E-state index in [1.54, 1.807) is 0 Å². The maximum atomic E-state index is 6.79. The van der Waals surface area contributed by atoms with Gasteiger partial charge in [-0.05, 0) is 56.4 Å². The largest absolute Gasteiger partial charge is 0.380 e. The van der Waals surface area contributed by atoms with Crippen molar-refractivity contribution in [2.75, 3.05) is 5.32 Å². The number of benzene rings is 2. The fourth-order valence-corrected chi connectivity index (χ4v) is 4.26. The van der Waals surface area contributed by atoms with E-state index in [0.717, 1.165) is 27.6 Å². The third kappa shape index (κ3) is 2.61. The van der Waals surface area contributed by atoms with Crippen molar-refractivity contribution in [3.05, 3.63) is 51.5 Å². The minimum absolute atomic E-state index is 0.0897. The zero-order valence-corrected chi connectivity index (χ0v) is 14.9. The van der Waals surface area contributed by atoms with E-state index in [9.17, 15) is 0 Å². The first-order valence-electron chi connectivity index (χ1n) is 7.66. The number of hydrogen-bond acceptors (Lipinski definition) is 1. The van der Waals surface area contributed by atoms with Gasteiger partial charge >= 0.3 is 0 Å². The van der Waals surface area contributed by atoms with Crippen LogP contribution in [0, 0.1) is 6.92 Å². The predicted molar refractivity (Wildman–Crippen MR) is 97.4 cm³/mol. The highest BCUT2D eigenvalue weighted by Gasteiger charge is 2.32. The lowest BCUT2D eigenvalue weighted by atomic mass is 9.79. The van der Waals surface area contributed by atoms with Crippen molar-refractivity contribution in [2.24, 2.45) is 0 Å². The van der Waals surface area contributed by atoms with Crippen LogP contribution in [0.1, 0.15) is 44.2 Å². The fourth-order valence-electron chi connectivity index (χ4n) is 3.58. The molecule has 1 unspecified atom stereocenters. The average Bonchev–Trinajstić information content (AvgIpc) is 2.42. The van der Waals surface area contributed by atoms with Crippen molar-refractivity contribution in [1.29, 1.82) is 0 Å². The number of fused-ring (bicyclic) bond motifs is 1. The molecule has 0 fully saturated rings. The summed E-state index contributed by atoms with van der Waals surface area (Å²) in [6.07, 6.45) is 1.06. The van der Waals surface area contributed by atoms with Crippen LogP contribution in [-0.4, -0.2) is 5.54 Å². The molecule has 2 aromatic rings. The number of rotatable bonds is 1. The molecule has 0 saturated heterocycles. The van der Waals surface area contributed by atoms with Gasteiger partial charge in [-0.25, -0.2) is 0 Å². The molecule has 0 aromatic heterocycles. The van der Waals surface area contributed by atoms with Crippen LogP contribution in [-0.2, 0) is 0 Å². The predicted octanol–water partition coefficient (Wildman–Crippen LogP) is 6.67. The molecule has 1 atom stereocenters. The molecular formula is C19H21Cl2N. The summed E-state index contributed by atoms with van der Waals surface area (Å²) in [6.45, 7) is 8.86. The Morgan fingerprint density at radius 2 is 1.82 bits per heavy atom. The lowest BCUT2D eigenvalue weighted by Crippen LogP contribution is -2.37. The molecule has 22 heavy (non-hydrogen) atoms. The summed E-state index contributed by atoms with van der Waals surface area (Å²) >= 11 is 13.2.